The summed E-state index contributed by atoms with van der Waals surface area (Å²) in [5.74, 6) is 0. The molecule has 0 bridgehead atoms. The predicted molar refractivity (Wildman–Crippen MR) is 113 cm³/mol. The number of rotatable bonds is 19. The lowest BCUT2D eigenvalue weighted by molar-refractivity contribution is 0.0707. The van der Waals surface area contributed by atoms with Gasteiger partial charge in [-0.25, -0.2) is 0 Å². The molecular weight excluding hydrogens is 384 g/mol. The van der Waals surface area contributed by atoms with E-state index in [1.165, 1.54) is 32.1 Å². The van der Waals surface area contributed by atoms with Crippen LogP contribution in [0.4, 0.5) is 0 Å². The number of hydrogen-bond acceptors (Lipinski definition) is 5. The van der Waals surface area contributed by atoms with Crippen LogP contribution in [0.5, 0.6) is 0 Å². The van der Waals surface area contributed by atoms with E-state index in [9.17, 15) is 13.0 Å². The largest absolute Gasteiger partial charge is 0.500 e. The second-order valence-electron chi connectivity index (χ2n) is 6.92. The Balaban J connectivity index is 4.51. The average Bonchev–Trinajstić information content (AvgIpc) is 2.59. The van der Waals surface area contributed by atoms with Crippen molar-refractivity contribution in [1.82, 2.24) is 0 Å². The van der Waals surface area contributed by atoms with E-state index in [0.717, 1.165) is 19.3 Å². The molecule has 0 heterocycles. The standard InChI is InChI=1S/C19H42O6SSi/c1-5-9-10-11-12-13-14-15-16-19(26(20,21)22)17-18-27(23-6-2,24-7-3)25-8-4/h19H,5-18H2,1-4H3,(H,20,21,22). The third-order valence-corrected chi connectivity index (χ3v) is 9.07. The molecule has 6 nitrogen and oxygen atoms in total. The highest BCUT2D eigenvalue weighted by Gasteiger charge is 2.41. The molecule has 0 radical (unpaired) electrons. The van der Waals surface area contributed by atoms with Gasteiger partial charge in [0, 0.05) is 25.9 Å². The van der Waals surface area contributed by atoms with Crippen LogP contribution in [0.25, 0.3) is 0 Å². The first-order valence-electron chi connectivity index (χ1n) is 10.7. The van der Waals surface area contributed by atoms with Gasteiger partial charge in [0.2, 0.25) is 0 Å². The highest BCUT2D eigenvalue weighted by molar-refractivity contribution is 7.86. The Bertz CT molecular complexity index is 426. The van der Waals surface area contributed by atoms with Gasteiger partial charge in [0.05, 0.1) is 5.25 Å². The van der Waals surface area contributed by atoms with Crippen molar-refractivity contribution in [2.75, 3.05) is 19.8 Å². The SMILES string of the molecule is CCCCCCCCCCC(CC[Si](OCC)(OCC)OCC)S(=O)(=O)O. The van der Waals surface area contributed by atoms with Crippen LogP contribution in [-0.4, -0.2) is 46.8 Å². The molecule has 0 aromatic rings. The zero-order valence-electron chi connectivity index (χ0n) is 17.9. The Morgan fingerprint density at radius 1 is 0.741 bits per heavy atom. The van der Waals surface area contributed by atoms with E-state index in [1.54, 1.807) is 0 Å². The van der Waals surface area contributed by atoms with Crippen LogP contribution in [-0.2, 0) is 23.4 Å². The van der Waals surface area contributed by atoms with Gasteiger partial charge >= 0.3 is 8.80 Å². The van der Waals surface area contributed by atoms with E-state index < -0.39 is 24.2 Å². The Labute approximate surface area is 168 Å². The lowest BCUT2D eigenvalue weighted by Crippen LogP contribution is -2.46. The van der Waals surface area contributed by atoms with Crippen molar-refractivity contribution in [3.8, 4) is 0 Å². The zero-order valence-corrected chi connectivity index (χ0v) is 19.7. The van der Waals surface area contributed by atoms with E-state index in [2.05, 4.69) is 6.92 Å². The molecule has 0 spiro atoms. The summed E-state index contributed by atoms with van der Waals surface area (Å²) >= 11 is 0. The minimum atomic E-state index is -4.08. The van der Waals surface area contributed by atoms with Gasteiger partial charge < -0.3 is 13.3 Å². The Hall–Kier alpha value is 0.00688. The quantitative estimate of drug-likeness (QED) is 0.173. The van der Waals surface area contributed by atoms with Crippen LogP contribution >= 0.6 is 0 Å². The molecule has 0 aliphatic rings. The molecule has 0 saturated carbocycles. The van der Waals surface area contributed by atoms with Crippen LogP contribution < -0.4 is 0 Å². The Kier molecular flexibility index (Phi) is 15.9. The maximum Gasteiger partial charge on any atom is 0.500 e. The monoisotopic (exact) mass is 426 g/mol. The second kappa shape index (κ2) is 15.9. The van der Waals surface area contributed by atoms with Gasteiger partial charge in [0.15, 0.2) is 0 Å². The van der Waals surface area contributed by atoms with Gasteiger partial charge in [-0.3, -0.25) is 4.55 Å². The molecule has 1 atom stereocenters. The Morgan fingerprint density at radius 3 is 1.59 bits per heavy atom. The third kappa shape index (κ3) is 13.0. The maximum absolute atomic E-state index is 11.8. The average molecular weight is 427 g/mol. The molecule has 0 rings (SSSR count). The van der Waals surface area contributed by atoms with Crippen molar-refractivity contribution in [3.63, 3.8) is 0 Å². The molecule has 1 N–H and O–H groups in total. The van der Waals surface area contributed by atoms with Gasteiger partial charge in [0.1, 0.15) is 0 Å². The van der Waals surface area contributed by atoms with Gasteiger partial charge in [-0.05, 0) is 33.6 Å². The summed E-state index contributed by atoms with van der Waals surface area (Å²) in [5, 5.41) is -0.772. The molecular formula is C19H42O6SSi. The number of unbranched alkanes of at least 4 members (excludes halogenated alkanes) is 7. The predicted octanol–water partition coefficient (Wildman–Crippen LogP) is 5.21. The molecule has 8 heteroatoms. The summed E-state index contributed by atoms with van der Waals surface area (Å²) in [6.45, 7) is 9.21. The van der Waals surface area contributed by atoms with Crippen LogP contribution in [0.3, 0.4) is 0 Å². The molecule has 164 valence electrons. The minimum absolute atomic E-state index is 0.307. The fraction of sp³-hybridized carbons (Fsp3) is 1.00. The molecule has 1 unspecified atom stereocenters. The van der Waals surface area contributed by atoms with Crippen molar-refractivity contribution in [2.24, 2.45) is 0 Å². The van der Waals surface area contributed by atoms with Gasteiger partial charge in [0.25, 0.3) is 10.1 Å². The summed E-state index contributed by atoms with van der Waals surface area (Å²) in [6.07, 6.45) is 9.98. The van der Waals surface area contributed by atoms with Crippen molar-refractivity contribution >= 4 is 18.9 Å². The summed E-state index contributed by atoms with van der Waals surface area (Å²) in [5.41, 5.74) is 0. The molecule has 27 heavy (non-hydrogen) atoms. The first-order chi connectivity index (χ1) is 12.8. The smallest absolute Gasteiger partial charge is 0.374 e. The van der Waals surface area contributed by atoms with Crippen LogP contribution in [0.2, 0.25) is 6.04 Å². The van der Waals surface area contributed by atoms with Crippen molar-refractivity contribution in [2.45, 2.75) is 103 Å². The molecule has 0 amide bonds. The summed E-state index contributed by atoms with van der Waals surface area (Å²) in [6, 6.07) is 0.407. The van der Waals surface area contributed by atoms with Crippen LogP contribution in [0, 0.1) is 0 Å². The third-order valence-electron chi connectivity index (χ3n) is 4.67. The fourth-order valence-electron chi connectivity index (χ4n) is 3.29. The molecule has 0 fully saturated rings. The molecule has 0 saturated heterocycles. The normalized spacial score (nSPS) is 13.8. The number of hydrogen-bond donors (Lipinski definition) is 1. The molecule has 0 aliphatic carbocycles. The summed E-state index contributed by atoms with van der Waals surface area (Å²) in [7, 11) is -6.97. The maximum atomic E-state index is 11.8. The van der Waals surface area contributed by atoms with E-state index in [-0.39, 0.29) is 0 Å². The van der Waals surface area contributed by atoms with E-state index in [1.807, 2.05) is 20.8 Å². The zero-order chi connectivity index (χ0) is 20.6. The van der Waals surface area contributed by atoms with E-state index in [4.69, 9.17) is 13.3 Å². The first kappa shape index (κ1) is 27.0. The van der Waals surface area contributed by atoms with Gasteiger partial charge in [-0.2, -0.15) is 8.42 Å². The van der Waals surface area contributed by atoms with Crippen LogP contribution in [0.1, 0.15) is 91.9 Å². The van der Waals surface area contributed by atoms with E-state index in [0.29, 0.717) is 38.7 Å². The Morgan fingerprint density at radius 2 is 1.19 bits per heavy atom. The fourth-order valence-corrected chi connectivity index (χ4v) is 7.08. The lowest BCUT2D eigenvalue weighted by atomic mass is 10.1. The molecule has 0 aromatic heterocycles. The van der Waals surface area contributed by atoms with Crippen molar-refractivity contribution in [3.05, 3.63) is 0 Å². The first-order valence-corrected chi connectivity index (χ1v) is 14.2. The van der Waals surface area contributed by atoms with Crippen molar-refractivity contribution in [1.29, 1.82) is 0 Å². The highest BCUT2D eigenvalue weighted by Crippen LogP contribution is 2.24. The van der Waals surface area contributed by atoms with Gasteiger partial charge in [-0.15, -0.1) is 0 Å². The minimum Gasteiger partial charge on any atom is -0.374 e. The molecule has 0 aliphatic heterocycles. The second-order valence-corrected chi connectivity index (χ2v) is 11.3. The summed E-state index contributed by atoms with van der Waals surface area (Å²) in [4.78, 5) is 0. The molecule has 0 aromatic carbocycles. The summed E-state index contributed by atoms with van der Waals surface area (Å²) < 4.78 is 50.6. The van der Waals surface area contributed by atoms with E-state index >= 15 is 0 Å². The topological polar surface area (TPSA) is 82.1 Å². The van der Waals surface area contributed by atoms with Crippen molar-refractivity contribution < 1.29 is 26.2 Å². The highest BCUT2D eigenvalue weighted by atomic mass is 32.2. The van der Waals surface area contributed by atoms with Gasteiger partial charge in [-0.1, -0.05) is 58.3 Å². The van der Waals surface area contributed by atoms with Crippen LogP contribution in [0.15, 0.2) is 0 Å². The lowest BCUT2D eigenvalue weighted by Gasteiger charge is -2.29.